The highest BCUT2D eigenvalue weighted by Crippen LogP contribution is 2.45. The normalized spacial score (nSPS) is 18.6. The second-order valence-corrected chi connectivity index (χ2v) is 10.8. The largest absolute Gasteiger partial charge is 0.365 e. The summed E-state index contributed by atoms with van der Waals surface area (Å²) in [6.45, 7) is 5.00. The number of primary amides is 1. The maximum absolute atomic E-state index is 13.6. The van der Waals surface area contributed by atoms with E-state index in [1.54, 1.807) is 27.8 Å². The van der Waals surface area contributed by atoms with Gasteiger partial charge in [-0.3, -0.25) is 14.3 Å². The van der Waals surface area contributed by atoms with Gasteiger partial charge in [-0.05, 0) is 36.3 Å². The highest BCUT2D eigenvalue weighted by molar-refractivity contribution is 6.42. The molecule has 34 heavy (non-hydrogen) atoms. The van der Waals surface area contributed by atoms with Crippen molar-refractivity contribution in [2.24, 2.45) is 17.1 Å². The number of hydrogen-bond acceptors (Lipinski definition) is 3. The summed E-state index contributed by atoms with van der Waals surface area (Å²) in [7, 11) is 0. The zero-order valence-electron chi connectivity index (χ0n) is 19.2. The number of fused-ring (bicyclic) bond motifs is 1. The summed E-state index contributed by atoms with van der Waals surface area (Å²) in [5.41, 5.74) is 7.15. The maximum atomic E-state index is 13.6. The number of nitrogens with zero attached hydrogens (tertiary/aromatic N) is 3. The minimum atomic E-state index is -2.60. The first-order valence-corrected chi connectivity index (χ1v) is 12.1. The molecule has 2 N–H and O–H groups in total. The van der Waals surface area contributed by atoms with Crippen LogP contribution in [0.5, 0.6) is 0 Å². The van der Waals surface area contributed by atoms with E-state index in [0.717, 1.165) is 0 Å². The lowest BCUT2D eigenvalue weighted by Crippen LogP contribution is -2.42. The van der Waals surface area contributed by atoms with E-state index in [4.69, 9.17) is 28.9 Å². The highest BCUT2D eigenvalue weighted by atomic mass is 35.5. The lowest BCUT2D eigenvalue weighted by molar-refractivity contribution is -0.136. The molecule has 2 heterocycles. The molecule has 4 rings (SSSR count). The van der Waals surface area contributed by atoms with E-state index in [1.165, 1.54) is 0 Å². The summed E-state index contributed by atoms with van der Waals surface area (Å²) in [6, 6.07) is 4.97. The second-order valence-electron chi connectivity index (χ2n) is 10.00. The van der Waals surface area contributed by atoms with Crippen LogP contribution in [0, 0.1) is 11.3 Å². The average Bonchev–Trinajstić information content (AvgIpc) is 3.14. The highest BCUT2D eigenvalue weighted by Gasteiger charge is 2.42. The molecule has 1 fully saturated rings. The Morgan fingerprint density at radius 3 is 2.47 bits per heavy atom. The molecule has 0 saturated heterocycles. The van der Waals surface area contributed by atoms with Crippen molar-refractivity contribution in [2.75, 3.05) is 6.54 Å². The van der Waals surface area contributed by atoms with Crippen LogP contribution in [0.3, 0.4) is 0 Å². The molecule has 2 aromatic rings. The van der Waals surface area contributed by atoms with Crippen molar-refractivity contribution in [3.05, 3.63) is 39.5 Å². The van der Waals surface area contributed by atoms with E-state index in [-0.39, 0.29) is 43.2 Å². The molecule has 0 radical (unpaired) electrons. The van der Waals surface area contributed by atoms with Crippen LogP contribution in [0.25, 0.3) is 11.3 Å². The van der Waals surface area contributed by atoms with Crippen LogP contribution in [0.2, 0.25) is 10.0 Å². The number of halogens is 4. The number of nitrogens with two attached hydrogens (primary N) is 1. The predicted molar refractivity (Wildman–Crippen MR) is 127 cm³/mol. The summed E-state index contributed by atoms with van der Waals surface area (Å²) in [6.07, 6.45) is 0.829. The van der Waals surface area contributed by atoms with Crippen LogP contribution >= 0.6 is 23.2 Å². The Hall–Kier alpha value is -2.19. The molecule has 10 heteroatoms. The monoisotopic (exact) mass is 512 g/mol. The fourth-order valence-corrected chi connectivity index (χ4v) is 5.40. The molecule has 0 spiro atoms. The van der Waals surface area contributed by atoms with Crippen LogP contribution < -0.4 is 5.73 Å². The molecule has 0 atom stereocenters. The number of rotatable bonds is 5. The Kier molecular flexibility index (Phi) is 6.68. The molecule has 2 aliphatic rings. The molecule has 1 aliphatic carbocycles. The number of carbonyl (C=O) groups excluding carboxylic acids is 2. The zero-order valence-corrected chi connectivity index (χ0v) is 20.7. The third-order valence-corrected chi connectivity index (χ3v) is 7.94. The first-order chi connectivity index (χ1) is 15.9. The minimum absolute atomic E-state index is 0.0637. The van der Waals surface area contributed by atoms with Crippen molar-refractivity contribution in [3.8, 4) is 11.3 Å². The Morgan fingerprint density at radius 1 is 1.18 bits per heavy atom. The molecule has 1 aromatic heterocycles. The Bertz CT molecular complexity index is 1120. The van der Waals surface area contributed by atoms with E-state index in [0.29, 0.717) is 52.9 Å². The SMILES string of the molecule is CC(C)(CC(=O)N1CCn2nc(-c3ccc(Cl)c(Cl)c3)c(C(N)=O)c2C1)C1CCC(F)(F)CC1. The first-order valence-electron chi connectivity index (χ1n) is 11.4. The lowest BCUT2D eigenvalue weighted by atomic mass is 9.68. The molecule has 1 aromatic carbocycles. The van der Waals surface area contributed by atoms with Crippen molar-refractivity contribution < 1.29 is 18.4 Å². The number of alkyl halides is 2. The van der Waals surface area contributed by atoms with Gasteiger partial charge in [0.15, 0.2) is 0 Å². The van der Waals surface area contributed by atoms with Crippen LogP contribution in [0.15, 0.2) is 18.2 Å². The maximum Gasteiger partial charge on any atom is 0.252 e. The summed E-state index contributed by atoms with van der Waals surface area (Å²) < 4.78 is 28.9. The molecule has 0 bridgehead atoms. The number of hydrogen-bond donors (Lipinski definition) is 1. The molecule has 1 saturated carbocycles. The Balaban J connectivity index is 1.54. The molecule has 1 aliphatic heterocycles. The summed E-state index contributed by atoms with van der Waals surface area (Å²) in [5.74, 6) is -3.24. The van der Waals surface area contributed by atoms with E-state index in [2.05, 4.69) is 5.10 Å². The summed E-state index contributed by atoms with van der Waals surface area (Å²) in [4.78, 5) is 27.3. The summed E-state index contributed by atoms with van der Waals surface area (Å²) in [5, 5.41) is 5.29. The lowest BCUT2D eigenvalue weighted by Gasteiger charge is -2.40. The van der Waals surface area contributed by atoms with Crippen LogP contribution in [-0.4, -0.2) is 39.0 Å². The van der Waals surface area contributed by atoms with Crippen molar-refractivity contribution in [2.45, 2.75) is 65.0 Å². The third-order valence-electron chi connectivity index (χ3n) is 7.20. The van der Waals surface area contributed by atoms with Crippen molar-refractivity contribution in [3.63, 3.8) is 0 Å². The third kappa shape index (κ3) is 4.93. The topological polar surface area (TPSA) is 81.2 Å². The van der Waals surface area contributed by atoms with Gasteiger partial charge in [-0.1, -0.05) is 43.1 Å². The molecular weight excluding hydrogens is 485 g/mol. The Morgan fingerprint density at radius 2 is 1.85 bits per heavy atom. The number of carbonyl (C=O) groups is 2. The van der Waals surface area contributed by atoms with Gasteiger partial charge in [-0.25, -0.2) is 8.78 Å². The quantitative estimate of drug-likeness (QED) is 0.570. The summed E-state index contributed by atoms with van der Waals surface area (Å²) >= 11 is 12.2. The van der Waals surface area contributed by atoms with Gasteiger partial charge in [0.25, 0.3) is 5.91 Å². The number of benzene rings is 1. The van der Waals surface area contributed by atoms with Crippen LogP contribution in [0.1, 0.15) is 62.0 Å². The van der Waals surface area contributed by atoms with Gasteiger partial charge in [0, 0.05) is 31.4 Å². The number of amides is 2. The van der Waals surface area contributed by atoms with E-state index < -0.39 is 17.2 Å². The standard InChI is InChI=1S/C24H28Cl2F2N4O2/c1-23(2,15-5-7-24(27,28)8-6-15)12-19(33)31-9-10-32-18(13-31)20(22(29)34)21(30-32)14-3-4-16(25)17(26)11-14/h3-4,11,15H,5-10,12-13H2,1-2H3,(H2,29,34). The molecule has 184 valence electrons. The fraction of sp³-hybridized carbons (Fsp3) is 0.542. The average molecular weight is 513 g/mol. The molecule has 2 amide bonds. The second kappa shape index (κ2) is 9.11. The van der Waals surface area contributed by atoms with E-state index in [9.17, 15) is 18.4 Å². The van der Waals surface area contributed by atoms with Gasteiger partial charge < -0.3 is 10.6 Å². The Labute approximate surface area is 207 Å². The van der Waals surface area contributed by atoms with Crippen molar-refractivity contribution in [1.82, 2.24) is 14.7 Å². The smallest absolute Gasteiger partial charge is 0.252 e. The molecular formula is C24H28Cl2F2N4O2. The van der Waals surface area contributed by atoms with Gasteiger partial charge in [0.2, 0.25) is 11.8 Å². The van der Waals surface area contributed by atoms with E-state index in [1.807, 2.05) is 13.8 Å². The number of aromatic nitrogens is 2. The fourth-order valence-electron chi connectivity index (χ4n) is 5.10. The van der Waals surface area contributed by atoms with E-state index >= 15 is 0 Å². The molecule has 0 unspecified atom stereocenters. The minimum Gasteiger partial charge on any atom is -0.365 e. The van der Waals surface area contributed by atoms with Crippen LogP contribution in [0.4, 0.5) is 8.78 Å². The van der Waals surface area contributed by atoms with Crippen LogP contribution in [-0.2, 0) is 17.9 Å². The first kappa shape index (κ1) is 24.9. The van der Waals surface area contributed by atoms with Gasteiger partial charge in [0.1, 0.15) is 5.69 Å². The van der Waals surface area contributed by atoms with Gasteiger partial charge in [0.05, 0.1) is 34.4 Å². The molecule has 6 nitrogen and oxygen atoms in total. The van der Waals surface area contributed by atoms with Gasteiger partial charge >= 0.3 is 0 Å². The zero-order chi connectivity index (χ0) is 24.8. The van der Waals surface area contributed by atoms with Crippen molar-refractivity contribution >= 4 is 35.0 Å². The van der Waals surface area contributed by atoms with Crippen molar-refractivity contribution in [1.29, 1.82) is 0 Å². The van der Waals surface area contributed by atoms with Gasteiger partial charge in [-0.2, -0.15) is 5.10 Å². The predicted octanol–water partition coefficient (Wildman–Crippen LogP) is 5.54. The van der Waals surface area contributed by atoms with Gasteiger partial charge in [-0.15, -0.1) is 0 Å².